The summed E-state index contributed by atoms with van der Waals surface area (Å²) in [6.45, 7) is 5.50. The van der Waals surface area contributed by atoms with Crippen LogP contribution in [0.4, 0.5) is 0 Å². The summed E-state index contributed by atoms with van der Waals surface area (Å²) in [6, 6.07) is 8.75. The van der Waals surface area contributed by atoms with E-state index in [1.807, 2.05) is 7.05 Å². The fourth-order valence-electron chi connectivity index (χ4n) is 2.19. The van der Waals surface area contributed by atoms with Gasteiger partial charge in [0.05, 0.1) is 0 Å². The molecule has 1 aromatic rings. The van der Waals surface area contributed by atoms with Crippen molar-refractivity contribution in [3.63, 3.8) is 0 Å². The van der Waals surface area contributed by atoms with Crippen LogP contribution >= 0.6 is 0 Å². The van der Waals surface area contributed by atoms with Gasteiger partial charge in [0, 0.05) is 33.5 Å². The molecular weight excluding hydrogens is 238 g/mol. The highest BCUT2D eigenvalue weighted by atomic mass is 16.5. The highest BCUT2D eigenvalue weighted by molar-refractivity contribution is 5.25. The molecule has 19 heavy (non-hydrogen) atoms. The lowest BCUT2D eigenvalue weighted by atomic mass is 9.95. The Kier molecular flexibility index (Phi) is 8.47. The molecule has 0 radical (unpaired) electrons. The van der Waals surface area contributed by atoms with Crippen molar-refractivity contribution in [1.29, 1.82) is 0 Å². The second-order valence-corrected chi connectivity index (χ2v) is 4.92. The van der Waals surface area contributed by atoms with Crippen molar-refractivity contribution >= 4 is 0 Å². The maximum Gasteiger partial charge on any atom is 0.0487 e. The van der Waals surface area contributed by atoms with Gasteiger partial charge in [0.25, 0.3) is 0 Å². The molecule has 0 amide bonds. The summed E-state index contributed by atoms with van der Waals surface area (Å²) in [6.07, 6.45) is 2.02. The van der Waals surface area contributed by atoms with Gasteiger partial charge in [-0.05, 0) is 38.3 Å². The molecule has 0 aliphatic carbocycles. The van der Waals surface area contributed by atoms with Crippen molar-refractivity contribution in [3.05, 3.63) is 35.4 Å². The van der Waals surface area contributed by atoms with Crippen LogP contribution in [-0.2, 0) is 9.47 Å². The van der Waals surface area contributed by atoms with E-state index in [4.69, 9.17) is 9.47 Å². The molecule has 0 aliphatic rings. The van der Waals surface area contributed by atoms with E-state index in [0.717, 1.165) is 39.2 Å². The molecule has 1 atom stereocenters. The molecule has 0 fully saturated rings. The summed E-state index contributed by atoms with van der Waals surface area (Å²) in [7, 11) is 3.73. The van der Waals surface area contributed by atoms with Crippen LogP contribution in [0.2, 0.25) is 0 Å². The van der Waals surface area contributed by atoms with Gasteiger partial charge in [0.15, 0.2) is 0 Å². The van der Waals surface area contributed by atoms with Crippen molar-refractivity contribution in [1.82, 2.24) is 5.32 Å². The Balaban J connectivity index is 2.36. The zero-order valence-electron chi connectivity index (χ0n) is 12.4. The Hall–Kier alpha value is -0.900. The van der Waals surface area contributed by atoms with E-state index >= 15 is 0 Å². The maximum atomic E-state index is 5.66. The third kappa shape index (κ3) is 6.71. The topological polar surface area (TPSA) is 30.5 Å². The minimum absolute atomic E-state index is 0.521. The van der Waals surface area contributed by atoms with Gasteiger partial charge in [-0.1, -0.05) is 29.8 Å². The average molecular weight is 265 g/mol. The molecular formula is C16H27NO2. The second kappa shape index (κ2) is 9.96. The first-order chi connectivity index (χ1) is 9.27. The van der Waals surface area contributed by atoms with Crippen molar-refractivity contribution in [2.45, 2.75) is 25.7 Å². The van der Waals surface area contributed by atoms with E-state index in [0.29, 0.717) is 5.92 Å². The normalized spacial score (nSPS) is 12.6. The zero-order chi connectivity index (χ0) is 13.9. The number of ether oxygens (including phenoxy) is 2. The van der Waals surface area contributed by atoms with E-state index in [-0.39, 0.29) is 0 Å². The number of aryl methyl sites for hydroxylation is 1. The Labute approximate surface area is 117 Å². The van der Waals surface area contributed by atoms with Gasteiger partial charge >= 0.3 is 0 Å². The molecule has 3 nitrogen and oxygen atoms in total. The number of hydrogen-bond acceptors (Lipinski definition) is 3. The van der Waals surface area contributed by atoms with Crippen LogP contribution in [0, 0.1) is 6.92 Å². The molecule has 0 bridgehead atoms. The molecule has 1 N–H and O–H groups in total. The number of benzene rings is 1. The molecule has 0 aromatic heterocycles. The van der Waals surface area contributed by atoms with Gasteiger partial charge < -0.3 is 14.8 Å². The molecule has 108 valence electrons. The Bertz CT molecular complexity index is 341. The summed E-state index contributed by atoms with van der Waals surface area (Å²) in [5, 5.41) is 3.27. The lowest BCUT2D eigenvalue weighted by Crippen LogP contribution is -2.19. The molecule has 0 spiro atoms. The smallest absolute Gasteiger partial charge is 0.0487 e. The summed E-state index contributed by atoms with van der Waals surface area (Å²) < 4.78 is 10.7. The van der Waals surface area contributed by atoms with Crippen LogP contribution in [0.5, 0.6) is 0 Å². The summed E-state index contributed by atoms with van der Waals surface area (Å²) >= 11 is 0. The minimum atomic E-state index is 0.521. The lowest BCUT2D eigenvalue weighted by molar-refractivity contribution is 0.0981. The van der Waals surface area contributed by atoms with Crippen molar-refractivity contribution in [2.75, 3.05) is 40.5 Å². The molecule has 0 saturated carbocycles. The Morgan fingerprint density at radius 2 is 2.05 bits per heavy atom. The largest absolute Gasteiger partial charge is 0.385 e. The highest BCUT2D eigenvalue weighted by Crippen LogP contribution is 2.20. The van der Waals surface area contributed by atoms with Gasteiger partial charge in [-0.3, -0.25) is 0 Å². The molecule has 0 heterocycles. The first kappa shape index (κ1) is 16.2. The van der Waals surface area contributed by atoms with E-state index in [1.165, 1.54) is 11.1 Å². The first-order valence-electron chi connectivity index (χ1n) is 7.05. The Morgan fingerprint density at radius 1 is 1.21 bits per heavy atom. The van der Waals surface area contributed by atoms with Crippen LogP contribution in [-0.4, -0.2) is 40.5 Å². The van der Waals surface area contributed by atoms with Gasteiger partial charge in [0.2, 0.25) is 0 Å². The van der Waals surface area contributed by atoms with Crippen LogP contribution in [0.3, 0.4) is 0 Å². The standard InChI is InChI=1S/C16H27NO2/c1-14-6-4-7-15(12-14)16(13-17-2)8-11-19-10-5-9-18-3/h4,6-7,12,16-17H,5,8-11,13H2,1-3H3. The SMILES string of the molecule is CNCC(CCOCCCOC)c1cccc(C)c1. The van der Waals surface area contributed by atoms with Crippen molar-refractivity contribution in [2.24, 2.45) is 0 Å². The zero-order valence-corrected chi connectivity index (χ0v) is 12.4. The molecule has 1 aromatic carbocycles. The lowest BCUT2D eigenvalue weighted by Gasteiger charge is -2.17. The number of hydrogen-bond donors (Lipinski definition) is 1. The molecule has 1 unspecified atom stereocenters. The maximum absolute atomic E-state index is 5.66. The monoisotopic (exact) mass is 265 g/mol. The third-order valence-corrected chi connectivity index (χ3v) is 3.21. The number of likely N-dealkylation sites (N-methyl/N-ethyl adjacent to an activating group) is 1. The Morgan fingerprint density at radius 3 is 2.74 bits per heavy atom. The second-order valence-electron chi connectivity index (χ2n) is 4.92. The average Bonchev–Trinajstić information content (AvgIpc) is 2.41. The van der Waals surface area contributed by atoms with E-state index in [1.54, 1.807) is 7.11 Å². The van der Waals surface area contributed by atoms with Gasteiger partial charge in [-0.25, -0.2) is 0 Å². The van der Waals surface area contributed by atoms with Crippen LogP contribution in [0.25, 0.3) is 0 Å². The fourth-order valence-corrected chi connectivity index (χ4v) is 2.19. The van der Waals surface area contributed by atoms with Crippen molar-refractivity contribution in [3.8, 4) is 0 Å². The third-order valence-electron chi connectivity index (χ3n) is 3.21. The molecule has 1 rings (SSSR count). The summed E-state index contributed by atoms with van der Waals surface area (Å²) in [5.74, 6) is 0.521. The highest BCUT2D eigenvalue weighted by Gasteiger charge is 2.10. The van der Waals surface area contributed by atoms with Crippen molar-refractivity contribution < 1.29 is 9.47 Å². The van der Waals surface area contributed by atoms with Crippen LogP contribution < -0.4 is 5.32 Å². The fraction of sp³-hybridized carbons (Fsp3) is 0.625. The number of methoxy groups -OCH3 is 1. The first-order valence-corrected chi connectivity index (χ1v) is 7.05. The van der Waals surface area contributed by atoms with Crippen LogP contribution in [0.15, 0.2) is 24.3 Å². The van der Waals surface area contributed by atoms with E-state index in [9.17, 15) is 0 Å². The predicted molar refractivity (Wildman–Crippen MR) is 79.8 cm³/mol. The van der Waals surface area contributed by atoms with Gasteiger partial charge in [0.1, 0.15) is 0 Å². The quantitative estimate of drug-likeness (QED) is 0.660. The summed E-state index contributed by atoms with van der Waals surface area (Å²) in [4.78, 5) is 0. The predicted octanol–water partition coefficient (Wildman–Crippen LogP) is 2.74. The number of rotatable bonds is 10. The van der Waals surface area contributed by atoms with Gasteiger partial charge in [-0.15, -0.1) is 0 Å². The van der Waals surface area contributed by atoms with Crippen LogP contribution in [0.1, 0.15) is 29.9 Å². The molecule has 0 aliphatic heterocycles. The van der Waals surface area contributed by atoms with E-state index in [2.05, 4.69) is 36.5 Å². The number of nitrogens with one attached hydrogen (secondary N) is 1. The van der Waals surface area contributed by atoms with E-state index < -0.39 is 0 Å². The van der Waals surface area contributed by atoms with Gasteiger partial charge in [-0.2, -0.15) is 0 Å². The molecule has 0 saturated heterocycles. The minimum Gasteiger partial charge on any atom is -0.385 e. The summed E-state index contributed by atoms with van der Waals surface area (Å²) in [5.41, 5.74) is 2.72. The molecule has 3 heteroatoms.